The van der Waals surface area contributed by atoms with E-state index in [4.69, 9.17) is 9.47 Å². The summed E-state index contributed by atoms with van der Waals surface area (Å²) in [6.07, 6.45) is 1.60. The Morgan fingerprint density at radius 1 is 0.781 bits per heavy atom. The quantitative estimate of drug-likeness (QED) is 0.333. The molecule has 0 unspecified atom stereocenters. The van der Waals surface area contributed by atoms with Crippen LogP contribution in [0.2, 0.25) is 0 Å². The minimum Gasteiger partial charge on any atom is -0.482 e. The van der Waals surface area contributed by atoms with Gasteiger partial charge in [-0.1, -0.05) is 78.9 Å². The van der Waals surface area contributed by atoms with Gasteiger partial charge in [-0.25, -0.2) is 4.79 Å². The van der Waals surface area contributed by atoms with Gasteiger partial charge in [-0.15, -0.1) is 0 Å². The summed E-state index contributed by atoms with van der Waals surface area (Å²) in [5.41, 5.74) is 2.47. The lowest BCUT2D eigenvalue weighted by Crippen LogP contribution is -2.26. The average molecular weight is 432 g/mol. The first-order chi connectivity index (χ1) is 15.7. The fourth-order valence-corrected chi connectivity index (χ4v) is 3.46. The Labute approximate surface area is 189 Å². The highest BCUT2D eigenvalue weighted by Gasteiger charge is 2.14. The van der Waals surface area contributed by atoms with Gasteiger partial charge < -0.3 is 14.8 Å². The zero-order chi connectivity index (χ0) is 22.4. The first kappa shape index (κ1) is 23.1. The third kappa shape index (κ3) is 7.91. The van der Waals surface area contributed by atoms with Crippen molar-refractivity contribution in [2.45, 2.75) is 25.2 Å². The minimum atomic E-state index is -0.442. The topological polar surface area (TPSA) is 64.6 Å². The fourth-order valence-electron chi connectivity index (χ4n) is 3.46. The molecule has 1 amide bonds. The highest BCUT2D eigenvalue weighted by atomic mass is 16.6. The summed E-state index contributed by atoms with van der Waals surface area (Å²) in [5.74, 6) is 0.362. The van der Waals surface area contributed by atoms with E-state index < -0.39 is 5.97 Å². The van der Waals surface area contributed by atoms with Gasteiger partial charge in [-0.2, -0.15) is 0 Å². The monoisotopic (exact) mass is 431 g/mol. The summed E-state index contributed by atoms with van der Waals surface area (Å²) in [5, 5.41) is 2.98. The predicted octanol–water partition coefficient (Wildman–Crippen LogP) is 4.73. The second-order valence-electron chi connectivity index (χ2n) is 7.44. The second-order valence-corrected chi connectivity index (χ2v) is 7.44. The molecule has 0 aliphatic carbocycles. The maximum absolute atomic E-state index is 12.2. The van der Waals surface area contributed by atoms with Crippen molar-refractivity contribution < 1.29 is 19.1 Å². The predicted molar refractivity (Wildman–Crippen MR) is 124 cm³/mol. The van der Waals surface area contributed by atoms with Crippen LogP contribution < -0.4 is 10.1 Å². The molecule has 166 valence electrons. The second kappa shape index (κ2) is 13.0. The highest BCUT2D eigenvalue weighted by Crippen LogP contribution is 2.27. The molecular formula is C27H29NO4. The Morgan fingerprint density at radius 3 is 1.94 bits per heavy atom. The van der Waals surface area contributed by atoms with Crippen molar-refractivity contribution >= 4 is 11.9 Å². The number of para-hydroxylation sites is 1. The van der Waals surface area contributed by atoms with Gasteiger partial charge in [0.25, 0.3) is 0 Å². The van der Waals surface area contributed by atoms with Crippen molar-refractivity contribution in [3.8, 4) is 5.75 Å². The largest absolute Gasteiger partial charge is 0.482 e. The summed E-state index contributed by atoms with van der Waals surface area (Å²) in [6.45, 7) is 0.635. The van der Waals surface area contributed by atoms with Gasteiger partial charge in [0.05, 0.1) is 6.61 Å². The van der Waals surface area contributed by atoms with E-state index in [2.05, 4.69) is 29.6 Å². The van der Waals surface area contributed by atoms with Gasteiger partial charge in [0, 0.05) is 18.9 Å². The minimum absolute atomic E-state index is 0.0403. The van der Waals surface area contributed by atoms with E-state index in [0.29, 0.717) is 25.1 Å². The first-order valence-corrected chi connectivity index (χ1v) is 10.9. The number of ether oxygens (including phenoxy) is 2. The molecule has 0 radical (unpaired) electrons. The van der Waals surface area contributed by atoms with Crippen LogP contribution in [0.1, 0.15) is 36.3 Å². The summed E-state index contributed by atoms with van der Waals surface area (Å²) >= 11 is 0. The molecule has 0 fully saturated rings. The zero-order valence-electron chi connectivity index (χ0n) is 18.1. The Balaban J connectivity index is 1.34. The van der Waals surface area contributed by atoms with Gasteiger partial charge in [-0.3, -0.25) is 4.79 Å². The number of carbonyl (C=O) groups excluding carboxylic acids is 2. The van der Waals surface area contributed by atoms with Crippen LogP contribution in [-0.2, 0) is 14.3 Å². The Morgan fingerprint density at radius 2 is 1.34 bits per heavy atom. The van der Waals surface area contributed by atoms with Crippen LogP contribution in [0.25, 0.3) is 0 Å². The van der Waals surface area contributed by atoms with E-state index in [1.165, 1.54) is 11.1 Å². The molecule has 1 N–H and O–H groups in total. The van der Waals surface area contributed by atoms with Crippen LogP contribution >= 0.6 is 0 Å². The van der Waals surface area contributed by atoms with E-state index in [-0.39, 0.29) is 25.0 Å². The number of amides is 1. The molecule has 5 heteroatoms. The van der Waals surface area contributed by atoms with Gasteiger partial charge in [-0.05, 0) is 36.1 Å². The molecule has 5 nitrogen and oxygen atoms in total. The standard InChI is InChI=1S/C27H29NO4/c29-26(17-10-20-31-27(30)21-32-24-15-8-3-9-16-24)28-19-18-25(22-11-4-1-5-12-22)23-13-6-2-7-14-23/h1-9,11-16,25H,10,17-21H2,(H,28,29). The maximum Gasteiger partial charge on any atom is 0.344 e. The summed E-state index contributed by atoms with van der Waals surface area (Å²) in [4.78, 5) is 23.9. The molecule has 0 aromatic heterocycles. The summed E-state index contributed by atoms with van der Waals surface area (Å²) < 4.78 is 10.5. The number of hydrogen-bond donors (Lipinski definition) is 1. The zero-order valence-corrected chi connectivity index (χ0v) is 18.1. The number of nitrogens with one attached hydrogen (secondary N) is 1. The third-order valence-corrected chi connectivity index (χ3v) is 5.07. The molecule has 0 spiro atoms. The van der Waals surface area contributed by atoms with Crippen LogP contribution in [-0.4, -0.2) is 31.6 Å². The number of hydrogen-bond acceptors (Lipinski definition) is 4. The summed E-state index contributed by atoms with van der Waals surface area (Å²) in [7, 11) is 0. The Bertz CT molecular complexity index is 906. The van der Waals surface area contributed by atoms with Gasteiger partial charge >= 0.3 is 5.97 Å². The molecule has 0 heterocycles. The highest BCUT2D eigenvalue weighted by molar-refractivity contribution is 5.76. The normalized spacial score (nSPS) is 10.5. The molecular weight excluding hydrogens is 402 g/mol. The molecule has 0 aliphatic rings. The lowest BCUT2D eigenvalue weighted by Gasteiger charge is -2.18. The van der Waals surface area contributed by atoms with E-state index >= 15 is 0 Å². The molecule has 32 heavy (non-hydrogen) atoms. The van der Waals surface area contributed by atoms with Crippen molar-refractivity contribution in [3.05, 3.63) is 102 Å². The van der Waals surface area contributed by atoms with E-state index in [9.17, 15) is 9.59 Å². The van der Waals surface area contributed by atoms with Crippen molar-refractivity contribution in [1.82, 2.24) is 5.32 Å². The van der Waals surface area contributed by atoms with Crippen molar-refractivity contribution in [3.63, 3.8) is 0 Å². The maximum atomic E-state index is 12.2. The van der Waals surface area contributed by atoms with Crippen LogP contribution in [0.3, 0.4) is 0 Å². The van der Waals surface area contributed by atoms with E-state index in [1.807, 2.05) is 54.6 Å². The molecule has 0 aliphatic heterocycles. The number of rotatable bonds is 12. The van der Waals surface area contributed by atoms with Gasteiger partial charge in [0.1, 0.15) is 5.75 Å². The van der Waals surface area contributed by atoms with Gasteiger partial charge in [0.15, 0.2) is 6.61 Å². The Kier molecular flexibility index (Phi) is 9.34. The van der Waals surface area contributed by atoms with Crippen LogP contribution in [0.5, 0.6) is 5.75 Å². The van der Waals surface area contributed by atoms with Crippen LogP contribution in [0, 0.1) is 0 Å². The van der Waals surface area contributed by atoms with Crippen molar-refractivity contribution in [2.75, 3.05) is 19.8 Å². The molecule has 3 aromatic carbocycles. The lowest BCUT2D eigenvalue weighted by molar-refractivity contribution is -0.146. The number of esters is 1. The van der Waals surface area contributed by atoms with Gasteiger partial charge in [0.2, 0.25) is 5.91 Å². The SMILES string of the molecule is O=C(CCCOC(=O)COc1ccccc1)NCCC(c1ccccc1)c1ccccc1. The average Bonchev–Trinajstić information content (AvgIpc) is 2.85. The van der Waals surface area contributed by atoms with E-state index in [1.54, 1.807) is 12.1 Å². The van der Waals surface area contributed by atoms with E-state index in [0.717, 1.165) is 6.42 Å². The van der Waals surface area contributed by atoms with Crippen molar-refractivity contribution in [2.24, 2.45) is 0 Å². The number of carbonyl (C=O) groups is 2. The number of benzene rings is 3. The third-order valence-electron chi connectivity index (χ3n) is 5.07. The molecule has 3 aromatic rings. The van der Waals surface area contributed by atoms with Crippen molar-refractivity contribution in [1.29, 1.82) is 0 Å². The van der Waals surface area contributed by atoms with Crippen LogP contribution in [0.4, 0.5) is 0 Å². The van der Waals surface area contributed by atoms with Crippen LogP contribution in [0.15, 0.2) is 91.0 Å². The molecule has 3 rings (SSSR count). The summed E-state index contributed by atoms with van der Waals surface area (Å²) in [6, 6.07) is 29.7. The molecule has 0 bridgehead atoms. The smallest absolute Gasteiger partial charge is 0.344 e. The molecule has 0 saturated carbocycles. The lowest BCUT2D eigenvalue weighted by atomic mass is 9.88. The fraction of sp³-hybridized carbons (Fsp3) is 0.259. The first-order valence-electron chi connectivity index (χ1n) is 10.9. The molecule has 0 atom stereocenters. The Hall–Kier alpha value is -3.60. The molecule has 0 saturated heterocycles.